The molecule has 0 atom stereocenters. The van der Waals surface area contributed by atoms with E-state index in [4.69, 9.17) is 4.74 Å². The summed E-state index contributed by atoms with van der Waals surface area (Å²) in [6.45, 7) is 5.06. The molecule has 0 saturated carbocycles. The lowest BCUT2D eigenvalue weighted by Gasteiger charge is -2.08. The summed E-state index contributed by atoms with van der Waals surface area (Å²) in [5.41, 5.74) is 1.23. The highest BCUT2D eigenvalue weighted by atomic mass is 16.5. The molecule has 6 heteroatoms. The fourth-order valence-corrected chi connectivity index (χ4v) is 2.03. The van der Waals surface area contributed by atoms with Gasteiger partial charge in [-0.3, -0.25) is 14.6 Å². The van der Waals surface area contributed by atoms with E-state index < -0.39 is 0 Å². The zero-order chi connectivity index (χ0) is 17.4. The van der Waals surface area contributed by atoms with Crippen molar-refractivity contribution in [3.05, 3.63) is 53.9 Å². The Labute approximate surface area is 141 Å². The lowest BCUT2D eigenvalue weighted by atomic mass is 10.2. The third-order valence-electron chi connectivity index (χ3n) is 3.21. The first-order valence-corrected chi connectivity index (χ1v) is 7.92. The van der Waals surface area contributed by atoms with Crippen LogP contribution in [0.1, 0.15) is 41.1 Å². The van der Waals surface area contributed by atoms with Gasteiger partial charge in [0.25, 0.3) is 11.8 Å². The Morgan fingerprint density at radius 2 is 1.83 bits per heavy atom. The number of pyridine rings is 1. The van der Waals surface area contributed by atoms with Crippen molar-refractivity contribution < 1.29 is 14.3 Å². The topological polar surface area (TPSA) is 80.3 Å². The van der Waals surface area contributed by atoms with E-state index in [0.29, 0.717) is 24.4 Å². The molecule has 0 aliphatic heterocycles. The average Bonchev–Trinajstić information content (AvgIpc) is 2.61. The van der Waals surface area contributed by atoms with Gasteiger partial charge in [-0.15, -0.1) is 0 Å². The number of nitrogens with one attached hydrogen (secondary N) is 2. The van der Waals surface area contributed by atoms with Gasteiger partial charge < -0.3 is 15.4 Å². The second-order valence-corrected chi connectivity index (χ2v) is 5.10. The number of ether oxygens (including phenoxy) is 1. The van der Waals surface area contributed by atoms with Crippen LogP contribution in [-0.4, -0.2) is 29.9 Å². The Morgan fingerprint density at radius 1 is 1.08 bits per heavy atom. The van der Waals surface area contributed by atoms with Crippen LogP contribution in [0, 0.1) is 0 Å². The summed E-state index contributed by atoms with van der Waals surface area (Å²) in [4.78, 5) is 28.3. The van der Waals surface area contributed by atoms with Crippen LogP contribution in [0.15, 0.2) is 42.6 Å². The highest BCUT2D eigenvalue weighted by molar-refractivity contribution is 6.04. The van der Waals surface area contributed by atoms with Crippen LogP contribution >= 0.6 is 0 Å². The number of carbonyl (C=O) groups excluding carboxylic acids is 2. The number of aromatic nitrogens is 1. The molecule has 0 unspecified atom stereocenters. The van der Waals surface area contributed by atoms with Crippen LogP contribution < -0.4 is 15.4 Å². The molecule has 1 heterocycles. The molecule has 2 amide bonds. The number of anilines is 1. The van der Waals surface area contributed by atoms with E-state index in [0.717, 1.165) is 12.2 Å². The van der Waals surface area contributed by atoms with Gasteiger partial charge in [0.2, 0.25) is 0 Å². The third kappa shape index (κ3) is 4.81. The minimum absolute atomic E-state index is 0.188. The van der Waals surface area contributed by atoms with Crippen molar-refractivity contribution in [2.24, 2.45) is 0 Å². The molecule has 2 N–H and O–H groups in total. The first kappa shape index (κ1) is 17.5. The molecule has 0 saturated heterocycles. The molecule has 2 rings (SSSR count). The number of benzene rings is 1. The summed E-state index contributed by atoms with van der Waals surface area (Å²) >= 11 is 0. The first-order chi connectivity index (χ1) is 11.6. The summed E-state index contributed by atoms with van der Waals surface area (Å²) in [6, 6.07) is 10.1. The monoisotopic (exact) mass is 327 g/mol. The Kier molecular flexibility index (Phi) is 6.31. The summed E-state index contributed by atoms with van der Waals surface area (Å²) < 4.78 is 5.36. The van der Waals surface area contributed by atoms with Crippen LogP contribution in [0.4, 0.5) is 5.69 Å². The van der Waals surface area contributed by atoms with Crippen LogP contribution in [0.2, 0.25) is 0 Å². The average molecular weight is 327 g/mol. The van der Waals surface area contributed by atoms with Gasteiger partial charge >= 0.3 is 0 Å². The van der Waals surface area contributed by atoms with Gasteiger partial charge in [0, 0.05) is 24.0 Å². The van der Waals surface area contributed by atoms with Crippen molar-refractivity contribution in [1.82, 2.24) is 10.3 Å². The number of rotatable bonds is 7. The molecule has 0 radical (unpaired) electrons. The highest BCUT2D eigenvalue weighted by Crippen LogP contribution is 2.16. The Balaban J connectivity index is 2.05. The lowest BCUT2D eigenvalue weighted by Crippen LogP contribution is -2.24. The van der Waals surface area contributed by atoms with E-state index in [-0.39, 0.29) is 17.5 Å². The molecule has 126 valence electrons. The van der Waals surface area contributed by atoms with E-state index >= 15 is 0 Å². The normalized spacial score (nSPS) is 10.1. The third-order valence-corrected chi connectivity index (χ3v) is 3.21. The maximum atomic E-state index is 12.3. The summed E-state index contributed by atoms with van der Waals surface area (Å²) in [5, 5.41) is 5.52. The van der Waals surface area contributed by atoms with Crippen molar-refractivity contribution in [1.29, 1.82) is 0 Å². The summed E-state index contributed by atoms with van der Waals surface area (Å²) in [5.74, 6) is 0.155. The van der Waals surface area contributed by atoms with Crippen LogP contribution in [0.5, 0.6) is 5.75 Å². The molecule has 2 aromatic rings. The van der Waals surface area contributed by atoms with Crippen LogP contribution in [0.25, 0.3) is 0 Å². The maximum absolute atomic E-state index is 12.3. The Hall–Kier alpha value is -2.89. The van der Waals surface area contributed by atoms with Gasteiger partial charge in [-0.1, -0.05) is 6.92 Å². The molecule has 0 bridgehead atoms. The highest BCUT2D eigenvalue weighted by Gasteiger charge is 2.12. The first-order valence-electron chi connectivity index (χ1n) is 7.92. The van der Waals surface area contributed by atoms with E-state index in [1.807, 2.05) is 13.8 Å². The zero-order valence-corrected chi connectivity index (χ0v) is 13.8. The van der Waals surface area contributed by atoms with Gasteiger partial charge in [0.05, 0.1) is 6.61 Å². The largest absolute Gasteiger partial charge is 0.494 e. The van der Waals surface area contributed by atoms with Gasteiger partial charge in [-0.2, -0.15) is 0 Å². The molecule has 1 aromatic carbocycles. The predicted octanol–water partition coefficient (Wildman–Crippen LogP) is 2.87. The number of amides is 2. The lowest BCUT2D eigenvalue weighted by molar-refractivity contribution is 0.0953. The standard InChI is InChI=1S/C18H21N3O3/c1-3-10-20-17(22)13-9-11-19-16(12-13)18(23)21-14-5-7-15(8-6-14)24-4-2/h5-9,11-12H,3-4,10H2,1-2H3,(H,20,22)(H,21,23). The van der Waals surface area contributed by atoms with Crippen molar-refractivity contribution in [3.8, 4) is 5.75 Å². The maximum Gasteiger partial charge on any atom is 0.274 e. The molecule has 6 nitrogen and oxygen atoms in total. The quantitative estimate of drug-likeness (QED) is 0.819. The van der Waals surface area contributed by atoms with Gasteiger partial charge in [-0.05, 0) is 49.7 Å². The summed E-state index contributed by atoms with van der Waals surface area (Å²) in [6.07, 6.45) is 2.30. The number of nitrogens with zero attached hydrogens (tertiary/aromatic N) is 1. The minimum atomic E-state index is -0.371. The van der Waals surface area contributed by atoms with E-state index in [9.17, 15) is 9.59 Å². The van der Waals surface area contributed by atoms with Crippen LogP contribution in [0.3, 0.4) is 0 Å². The van der Waals surface area contributed by atoms with Gasteiger partial charge in [-0.25, -0.2) is 0 Å². The molecular weight excluding hydrogens is 306 g/mol. The Bertz CT molecular complexity index is 699. The molecule has 24 heavy (non-hydrogen) atoms. The second kappa shape index (κ2) is 8.67. The van der Waals surface area contributed by atoms with Gasteiger partial charge in [0.1, 0.15) is 11.4 Å². The molecule has 1 aromatic heterocycles. The number of hydrogen-bond acceptors (Lipinski definition) is 4. The zero-order valence-electron chi connectivity index (χ0n) is 13.8. The SMILES string of the molecule is CCCNC(=O)c1ccnc(C(=O)Nc2ccc(OCC)cc2)c1. The summed E-state index contributed by atoms with van der Waals surface area (Å²) in [7, 11) is 0. The molecule has 0 aliphatic carbocycles. The van der Waals surface area contributed by atoms with E-state index in [1.54, 1.807) is 30.3 Å². The Morgan fingerprint density at radius 3 is 2.50 bits per heavy atom. The van der Waals surface area contributed by atoms with Crippen molar-refractivity contribution in [3.63, 3.8) is 0 Å². The molecular formula is C18H21N3O3. The van der Waals surface area contributed by atoms with Gasteiger partial charge in [0.15, 0.2) is 0 Å². The number of hydrogen-bond donors (Lipinski definition) is 2. The van der Waals surface area contributed by atoms with E-state index in [1.165, 1.54) is 12.3 Å². The number of carbonyl (C=O) groups is 2. The van der Waals surface area contributed by atoms with Crippen LogP contribution in [-0.2, 0) is 0 Å². The molecule has 0 aliphatic rings. The van der Waals surface area contributed by atoms with E-state index in [2.05, 4.69) is 15.6 Å². The van der Waals surface area contributed by atoms with Crippen molar-refractivity contribution in [2.75, 3.05) is 18.5 Å². The predicted molar refractivity (Wildman–Crippen MR) is 92.4 cm³/mol. The smallest absolute Gasteiger partial charge is 0.274 e. The second-order valence-electron chi connectivity index (χ2n) is 5.10. The minimum Gasteiger partial charge on any atom is -0.494 e. The fraction of sp³-hybridized carbons (Fsp3) is 0.278. The van der Waals surface area contributed by atoms with Crippen molar-refractivity contribution in [2.45, 2.75) is 20.3 Å². The molecule has 0 spiro atoms. The fourth-order valence-electron chi connectivity index (χ4n) is 2.03. The van der Waals surface area contributed by atoms with Crippen molar-refractivity contribution >= 4 is 17.5 Å². The molecule has 0 fully saturated rings.